The minimum Gasteiger partial charge on any atom is -0.493 e. The molecule has 2 aliphatic rings. The molecule has 0 unspecified atom stereocenters. The van der Waals surface area contributed by atoms with Gasteiger partial charge in [0.2, 0.25) is 11.8 Å². The Labute approximate surface area is 189 Å². The monoisotopic (exact) mass is 437 g/mol. The van der Waals surface area contributed by atoms with E-state index in [1.165, 1.54) is 5.56 Å². The average molecular weight is 438 g/mol. The van der Waals surface area contributed by atoms with Crippen molar-refractivity contribution in [2.24, 2.45) is 0 Å². The van der Waals surface area contributed by atoms with Crippen LogP contribution in [0.4, 0.5) is 5.69 Å². The fourth-order valence-electron chi connectivity index (χ4n) is 4.47. The third-order valence-corrected chi connectivity index (χ3v) is 6.35. The number of benzene rings is 2. The van der Waals surface area contributed by atoms with E-state index in [2.05, 4.69) is 11.0 Å². The molecule has 7 nitrogen and oxygen atoms in total. The van der Waals surface area contributed by atoms with Gasteiger partial charge in [-0.25, -0.2) is 0 Å². The largest absolute Gasteiger partial charge is 0.493 e. The van der Waals surface area contributed by atoms with Crippen molar-refractivity contribution >= 4 is 17.5 Å². The van der Waals surface area contributed by atoms with Crippen LogP contribution in [0.5, 0.6) is 11.5 Å². The summed E-state index contributed by atoms with van der Waals surface area (Å²) in [5.41, 5.74) is 3.33. The van der Waals surface area contributed by atoms with Crippen LogP contribution in [0.25, 0.3) is 0 Å². The first kappa shape index (κ1) is 22.1. The Morgan fingerprint density at radius 1 is 0.875 bits per heavy atom. The lowest BCUT2D eigenvalue weighted by Gasteiger charge is -2.35. The second-order valence-electron chi connectivity index (χ2n) is 8.27. The normalized spacial score (nSPS) is 16.1. The minimum atomic E-state index is 0.142. The van der Waals surface area contributed by atoms with Gasteiger partial charge in [0.05, 0.1) is 20.8 Å². The first-order valence-corrected chi connectivity index (χ1v) is 11.2. The Bertz CT molecular complexity index is 969. The van der Waals surface area contributed by atoms with Crippen LogP contribution >= 0.6 is 0 Å². The molecule has 0 N–H and O–H groups in total. The molecule has 2 aromatic rings. The quantitative estimate of drug-likeness (QED) is 0.666. The molecule has 170 valence electrons. The maximum atomic E-state index is 12.8. The van der Waals surface area contributed by atoms with Crippen molar-refractivity contribution in [3.63, 3.8) is 0 Å². The molecule has 0 bridgehead atoms. The molecule has 7 heteroatoms. The third kappa shape index (κ3) is 4.88. The molecule has 2 amide bonds. The number of anilines is 1. The molecule has 0 radical (unpaired) electrons. The lowest BCUT2D eigenvalue weighted by atomic mass is 10.1. The van der Waals surface area contributed by atoms with Gasteiger partial charge in [0, 0.05) is 44.8 Å². The minimum absolute atomic E-state index is 0.142. The summed E-state index contributed by atoms with van der Waals surface area (Å²) >= 11 is 0. The van der Waals surface area contributed by atoms with E-state index in [0.717, 1.165) is 37.3 Å². The van der Waals surface area contributed by atoms with E-state index in [4.69, 9.17) is 9.47 Å². The summed E-state index contributed by atoms with van der Waals surface area (Å²) in [6.07, 6.45) is 2.04. The number of piperazine rings is 1. The van der Waals surface area contributed by atoms with Gasteiger partial charge in [-0.2, -0.15) is 0 Å². The van der Waals surface area contributed by atoms with Crippen LogP contribution in [0.1, 0.15) is 17.5 Å². The fraction of sp³-hybridized carbons (Fsp3) is 0.440. The van der Waals surface area contributed by atoms with E-state index in [0.29, 0.717) is 44.0 Å². The number of carbonyl (C=O) groups is 2. The molecule has 2 aliphatic heterocycles. The van der Waals surface area contributed by atoms with Crippen LogP contribution < -0.4 is 14.4 Å². The average Bonchev–Trinajstić information content (AvgIpc) is 3.27. The molecule has 0 aliphatic carbocycles. The summed E-state index contributed by atoms with van der Waals surface area (Å²) in [7, 11) is 3.22. The van der Waals surface area contributed by atoms with Crippen LogP contribution in [-0.4, -0.2) is 75.1 Å². The molecular formula is C25H31N3O4. The highest BCUT2D eigenvalue weighted by molar-refractivity contribution is 5.96. The number of ether oxygens (including phenoxy) is 2. The van der Waals surface area contributed by atoms with Crippen molar-refractivity contribution in [2.75, 3.05) is 58.4 Å². The summed E-state index contributed by atoms with van der Waals surface area (Å²) in [5, 5.41) is 0. The number of hydrogen-bond acceptors (Lipinski definition) is 5. The van der Waals surface area contributed by atoms with E-state index >= 15 is 0 Å². The van der Waals surface area contributed by atoms with Crippen molar-refractivity contribution in [3.8, 4) is 11.5 Å². The van der Waals surface area contributed by atoms with Crippen LogP contribution in [0.3, 0.4) is 0 Å². The van der Waals surface area contributed by atoms with E-state index in [-0.39, 0.29) is 11.8 Å². The number of rotatable bonds is 7. The first-order valence-electron chi connectivity index (χ1n) is 11.2. The summed E-state index contributed by atoms with van der Waals surface area (Å²) in [6, 6.07) is 13.9. The van der Waals surface area contributed by atoms with E-state index in [1.54, 1.807) is 14.2 Å². The SMILES string of the molecule is COc1ccc(CCC(=O)N2CCN(CC(=O)N3CCc4ccccc43)CC2)cc1OC. The Kier molecular flexibility index (Phi) is 6.95. The van der Waals surface area contributed by atoms with Gasteiger partial charge in [-0.1, -0.05) is 24.3 Å². The predicted octanol–water partition coefficient (Wildman–Crippen LogP) is 2.37. The maximum absolute atomic E-state index is 12.8. The zero-order chi connectivity index (χ0) is 22.5. The second-order valence-corrected chi connectivity index (χ2v) is 8.27. The van der Waals surface area contributed by atoms with Crippen molar-refractivity contribution in [1.82, 2.24) is 9.80 Å². The lowest BCUT2D eigenvalue weighted by molar-refractivity contribution is -0.133. The lowest BCUT2D eigenvalue weighted by Crippen LogP contribution is -2.51. The number of hydrogen-bond donors (Lipinski definition) is 0. The number of fused-ring (bicyclic) bond motifs is 1. The Morgan fingerprint density at radius 3 is 2.38 bits per heavy atom. The number of amides is 2. The summed E-state index contributed by atoms with van der Waals surface area (Å²) in [5.74, 6) is 1.66. The zero-order valence-electron chi connectivity index (χ0n) is 18.9. The standard InChI is InChI=1S/C25H31N3O4/c1-31-22-9-7-19(17-23(22)32-2)8-10-24(29)27-15-13-26(14-16-27)18-25(30)28-12-11-20-5-3-4-6-21(20)28/h3-7,9,17H,8,10-16,18H2,1-2H3. The summed E-state index contributed by atoms with van der Waals surface area (Å²) < 4.78 is 10.6. The topological polar surface area (TPSA) is 62.3 Å². The van der Waals surface area contributed by atoms with E-state index in [1.807, 2.05) is 46.2 Å². The smallest absolute Gasteiger partial charge is 0.241 e. The van der Waals surface area contributed by atoms with Crippen molar-refractivity contribution in [2.45, 2.75) is 19.3 Å². The Hall–Kier alpha value is -3.06. The van der Waals surface area contributed by atoms with Crippen LogP contribution in [0, 0.1) is 0 Å². The van der Waals surface area contributed by atoms with Gasteiger partial charge in [-0.05, 0) is 42.2 Å². The van der Waals surface area contributed by atoms with Crippen molar-refractivity contribution < 1.29 is 19.1 Å². The molecule has 1 saturated heterocycles. The molecule has 4 rings (SSSR count). The molecule has 2 heterocycles. The van der Waals surface area contributed by atoms with Crippen molar-refractivity contribution in [3.05, 3.63) is 53.6 Å². The fourth-order valence-corrected chi connectivity index (χ4v) is 4.47. The molecule has 2 aromatic carbocycles. The molecule has 32 heavy (non-hydrogen) atoms. The Morgan fingerprint density at radius 2 is 1.62 bits per heavy atom. The summed E-state index contributed by atoms with van der Waals surface area (Å²) in [4.78, 5) is 31.5. The van der Waals surface area contributed by atoms with Gasteiger partial charge in [0.25, 0.3) is 0 Å². The molecule has 0 aromatic heterocycles. The van der Waals surface area contributed by atoms with Crippen molar-refractivity contribution in [1.29, 1.82) is 0 Å². The molecule has 0 saturated carbocycles. The van der Waals surface area contributed by atoms with Gasteiger partial charge in [-0.3, -0.25) is 14.5 Å². The van der Waals surface area contributed by atoms with Gasteiger partial charge in [0.1, 0.15) is 0 Å². The molecule has 1 fully saturated rings. The molecule has 0 spiro atoms. The van der Waals surface area contributed by atoms with Crippen LogP contribution in [0.2, 0.25) is 0 Å². The second kappa shape index (κ2) is 10.0. The summed E-state index contributed by atoms with van der Waals surface area (Å²) in [6.45, 7) is 3.94. The van der Waals surface area contributed by atoms with Crippen LogP contribution in [-0.2, 0) is 22.4 Å². The number of para-hydroxylation sites is 1. The number of aryl methyl sites for hydroxylation is 1. The highest BCUT2D eigenvalue weighted by Crippen LogP contribution is 2.29. The predicted molar refractivity (Wildman–Crippen MR) is 123 cm³/mol. The van der Waals surface area contributed by atoms with Gasteiger partial charge in [0.15, 0.2) is 11.5 Å². The van der Waals surface area contributed by atoms with Gasteiger partial charge >= 0.3 is 0 Å². The van der Waals surface area contributed by atoms with E-state index < -0.39 is 0 Å². The molecule has 0 atom stereocenters. The van der Waals surface area contributed by atoms with E-state index in [9.17, 15) is 9.59 Å². The third-order valence-electron chi connectivity index (χ3n) is 6.35. The zero-order valence-corrected chi connectivity index (χ0v) is 18.9. The van der Waals surface area contributed by atoms with Gasteiger partial charge < -0.3 is 19.3 Å². The highest BCUT2D eigenvalue weighted by Gasteiger charge is 2.27. The number of nitrogens with zero attached hydrogens (tertiary/aromatic N) is 3. The first-order chi connectivity index (χ1) is 15.6. The number of methoxy groups -OCH3 is 2. The van der Waals surface area contributed by atoms with Crippen LogP contribution in [0.15, 0.2) is 42.5 Å². The Balaban J connectivity index is 1.23. The molecular weight excluding hydrogens is 406 g/mol. The maximum Gasteiger partial charge on any atom is 0.241 e. The highest BCUT2D eigenvalue weighted by atomic mass is 16.5. The number of carbonyl (C=O) groups excluding carboxylic acids is 2. The van der Waals surface area contributed by atoms with Gasteiger partial charge in [-0.15, -0.1) is 0 Å².